The number of rotatable bonds is 8. The molecule has 2 N–H and O–H groups in total. The molecule has 0 fully saturated rings. The van der Waals surface area contributed by atoms with Crippen molar-refractivity contribution < 1.29 is 18.7 Å². The number of nitrogens with one attached hydrogen (secondary N) is 2. The minimum absolute atomic E-state index is 0.0978. The highest BCUT2D eigenvalue weighted by Crippen LogP contribution is 2.23. The van der Waals surface area contributed by atoms with Crippen molar-refractivity contribution in [2.45, 2.75) is 44.1 Å². The summed E-state index contributed by atoms with van der Waals surface area (Å²) < 4.78 is 12.1. The highest BCUT2D eigenvalue weighted by Gasteiger charge is 2.25. The Kier molecular flexibility index (Phi) is 8.51. The molecular weight excluding hydrogens is 508 g/mol. The van der Waals surface area contributed by atoms with Gasteiger partial charge < -0.3 is 19.8 Å². The number of hydrogen-bond donors (Lipinski definition) is 2. The third kappa shape index (κ3) is 8.54. The number of anilines is 1. The van der Waals surface area contributed by atoms with Crippen molar-refractivity contribution in [3.05, 3.63) is 70.5 Å². The second-order valence-corrected chi connectivity index (χ2v) is 9.98. The first kappa shape index (κ1) is 24.8. The van der Waals surface area contributed by atoms with Crippen LogP contribution in [0, 0.1) is 0 Å². The summed E-state index contributed by atoms with van der Waals surface area (Å²) >= 11 is 4.48. The molecule has 2 amide bonds. The monoisotopic (exact) mass is 532 g/mol. The normalized spacial score (nSPS) is 12.1. The van der Waals surface area contributed by atoms with Gasteiger partial charge in [-0.05, 0) is 50.6 Å². The zero-order chi connectivity index (χ0) is 23.8. The predicted molar refractivity (Wildman–Crippen MR) is 130 cm³/mol. The van der Waals surface area contributed by atoms with Gasteiger partial charge in [0.1, 0.15) is 11.6 Å². The fourth-order valence-electron chi connectivity index (χ4n) is 2.78. The molecule has 33 heavy (non-hydrogen) atoms. The molecule has 0 aliphatic heterocycles. The molecule has 0 spiro atoms. The van der Waals surface area contributed by atoms with Crippen LogP contribution < -0.4 is 10.6 Å². The van der Waals surface area contributed by atoms with Crippen LogP contribution in [0.2, 0.25) is 0 Å². The molecule has 0 saturated heterocycles. The van der Waals surface area contributed by atoms with E-state index in [2.05, 4.69) is 36.8 Å². The zero-order valence-electron chi connectivity index (χ0n) is 18.5. The van der Waals surface area contributed by atoms with Crippen LogP contribution in [0.1, 0.15) is 38.3 Å². The Labute approximate surface area is 205 Å². The number of halogens is 1. The van der Waals surface area contributed by atoms with Gasteiger partial charge in [-0.1, -0.05) is 58.0 Å². The van der Waals surface area contributed by atoms with Crippen molar-refractivity contribution in [2.24, 2.45) is 0 Å². The van der Waals surface area contributed by atoms with Gasteiger partial charge in [0.2, 0.25) is 11.8 Å². The lowest BCUT2D eigenvalue weighted by molar-refractivity contribution is -0.113. The number of nitrogens with zero attached hydrogens (tertiary/aromatic N) is 2. The smallest absolute Gasteiger partial charge is 0.408 e. The lowest BCUT2D eigenvalue weighted by Gasteiger charge is -2.22. The number of benzene rings is 2. The molecule has 0 saturated carbocycles. The Bertz CT molecular complexity index is 1070. The molecule has 0 bridgehead atoms. The van der Waals surface area contributed by atoms with Gasteiger partial charge in [0, 0.05) is 16.6 Å². The van der Waals surface area contributed by atoms with Crippen LogP contribution in [0.3, 0.4) is 0 Å². The van der Waals surface area contributed by atoms with Crippen LogP contribution in [0.25, 0.3) is 0 Å². The summed E-state index contributed by atoms with van der Waals surface area (Å²) in [6.45, 7) is 5.37. The van der Waals surface area contributed by atoms with E-state index in [4.69, 9.17) is 9.15 Å². The van der Waals surface area contributed by atoms with E-state index in [1.54, 1.807) is 32.9 Å². The molecule has 1 atom stereocenters. The van der Waals surface area contributed by atoms with E-state index >= 15 is 0 Å². The van der Waals surface area contributed by atoms with Gasteiger partial charge in [0.15, 0.2) is 0 Å². The number of amides is 2. The van der Waals surface area contributed by atoms with Gasteiger partial charge in [-0.3, -0.25) is 4.79 Å². The second-order valence-electron chi connectivity index (χ2n) is 8.14. The molecule has 0 radical (unpaired) electrons. The standard InChI is InChI=1S/C23H25BrN4O4S/c1-23(2,3)32-21(30)26-18(13-15-7-5-4-6-8-15)20-27-28-22(31-20)33-14-19(29)25-17-11-9-16(24)10-12-17/h4-12,18H,13-14H2,1-3H3,(H,25,29)(H,26,30)/t18-/m0/s1. The third-order valence-corrected chi connectivity index (χ3v) is 5.50. The SMILES string of the molecule is CC(C)(C)OC(=O)N[C@@H](Cc1ccccc1)c1nnc(SCC(=O)Nc2ccc(Br)cc2)o1. The van der Waals surface area contributed by atoms with Crippen molar-refractivity contribution in [3.8, 4) is 0 Å². The summed E-state index contributed by atoms with van der Waals surface area (Å²) in [6, 6.07) is 16.3. The maximum Gasteiger partial charge on any atom is 0.408 e. The van der Waals surface area contributed by atoms with Gasteiger partial charge in [0.25, 0.3) is 5.22 Å². The van der Waals surface area contributed by atoms with Crippen LogP contribution in [0.4, 0.5) is 10.5 Å². The quantitative estimate of drug-likeness (QED) is 0.375. The van der Waals surface area contributed by atoms with E-state index in [0.29, 0.717) is 12.1 Å². The Hall–Kier alpha value is -2.85. The van der Waals surface area contributed by atoms with Gasteiger partial charge in [-0.25, -0.2) is 4.79 Å². The molecular formula is C23H25BrN4O4S. The van der Waals surface area contributed by atoms with E-state index in [1.165, 1.54) is 0 Å². The van der Waals surface area contributed by atoms with Crippen LogP contribution in [0.5, 0.6) is 0 Å². The largest absolute Gasteiger partial charge is 0.444 e. The summed E-state index contributed by atoms with van der Waals surface area (Å²) in [7, 11) is 0. The molecule has 0 unspecified atom stereocenters. The molecule has 3 aromatic rings. The highest BCUT2D eigenvalue weighted by molar-refractivity contribution is 9.10. The van der Waals surface area contributed by atoms with Gasteiger partial charge >= 0.3 is 6.09 Å². The Morgan fingerprint density at radius 1 is 1.09 bits per heavy atom. The van der Waals surface area contributed by atoms with E-state index in [0.717, 1.165) is 21.8 Å². The summed E-state index contributed by atoms with van der Waals surface area (Å²) in [5, 5.41) is 14.0. The number of thioether (sulfide) groups is 1. The van der Waals surface area contributed by atoms with Crippen molar-refractivity contribution in [2.75, 3.05) is 11.1 Å². The summed E-state index contributed by atoms with van der Waals surface area (Å²) in [5.74, 6) is 0.135. The molecule has 174 valence electrons. The van der Waals surface area contributed by atoms with Crippen molar-refractivity contribution in [3.63, 3.8) is 0 Å². The topological polar surface area (TPSA) is 106 Å². The lowest BCUT2D eigenvalue weighted by atomic mass is 10.1. The van der Waals surface area contributed by atoms with E-state index in [1.807, 2.05) is 42.5 Å². The van der Waals surface area contributed by atoms with Gasteiger partial charge in [0.05, 0.1) is 5.75 Å². The minimum atomic E-state index is -0.639. The molecule has 1 aromatic heterocycles. The van der Waals surface area contributed by atoms with E-state index < -0.39 is 17.7 Å². The number of carbonyl (C=O) groups excluding carboxylic acids is 2. The predicted octanol–water partition coefficient (Wildman–Crippen LogP) is 5.37. The minimum Gasteiger partial charge on any atom is -0.444 e. The third-order valence-electron chi connectivity index (χ3n) is 4.15. The Morgan fingerprint density at radius 3 is 2.45 bits per heavy atom. The molecule has 3 rings (SSSR count). The van der Waals surface area contributed by atoms with Crippen molar-refractivity contribution in [1.82, 2.24) is 15.5 Å². The van der Waals surface area contributed by atoms with Crippen molar-refractivity contribution in [1.29, 1.82) is 0 Å². The molecule has 1 heterocycles. The molecule has 0 aliphatic carbocycles. The summed E-state index contributed by atoms with van der Waals surface area (Å²) in [5.41, 5.74) is 1.04. The maximum atomic E-state index is 12.4. The number of aromatic nitrogens is 2. The molecule has 8 nitrogen and oxygen atoms in total. The Morgan fingerprint density at radius 2 is 1.79 bits per heavy atom. The number of hydrogen-bond acceptors (Lipinski definition) is 7. The van der Waals surface area contributed by atoms with Crippen LogP contribution in [0.15, 0.2) is 68.7 Å². The first-order chi connectivity index (χ1) is 15.7. The van der Waals surface area contributed by atoms with E-state index in [9.17, 15) is 9.59 Å². The Balaban J connectivity index is 1.63. The van der Waals surface area contributed by atoms with Gasteiger partial charge in [-0.15, -0.1) is 10.2 Å². The summed E-state index contributed by atoms with van der Waals surface area (Å²) in [6.07, 6.45) is -0.138. The average Bonchev–Trinajstić information content (AvgIpc) is 3.22. The number of ether oxygens (including phenoxy) is 1. The fourth-order valence-corrected chi connectivity index (χ4v) is 3.61. The first-order valence-corrected chi connectivity index (χ1v) is 12.0. The zero-order valence-corrected chi connectivity index (χ0v) is 20.9. The van der Waals surface area contributed by atoms with Crippen LogP contribution in [-0.2, 0) is 16.0 Å². The number of carbonyl (C=O) groups is 2. The summed E-state index contributed by atoms with van der Waals surface area (Å²) in [4.78, 5) is 24.6. The van der Waals surface area contributed by atoms with Gasteiger partial charge in [-0.2, -0.15) is 0 Å². The highest BCUT2D eigenvalue weighted by atomic mass is 79.9. The lowest BCUT2D eigenvalue weighted by Crippen LogP contribution is -2.36. The first-order valence-electron chi connectivity index (χ1n) is 10.2. The molecule has 10 heteroatoms. The molecule has 2 aromatic carbocycles. The van der Waals surface area contributed by atoms with Crippen LogP contribution in [-0.4, -0.2) is 33.6 Å². The second kappa shape index (κ2) is 11.3. The van der Waals surface area contributed by atoms with Crippen molar-refractivity contribution >= 4 is 45.4 Å². The average molecular weight is 533 g/mol. The fraction of sp³-hybridized carbons (Fsp3) is 0.304. The van der Waals surface area contributed by atoms with E-state index in [-0.39, 0.29) is 22.8 Å². The number of alkyl carbamates (subject to hydrolysis) is 1. The van der Waals surface area contributed by atoms with Crippen LogP contribution >= 0.6 is 27.7 Å². The maximum absolute atomic E-state index is 12.4. The molecule has 0 aliphatic rings.